The fraction of sp³-hybridized carbons (Fsp3) is 0.778. The van der Waals surface area contributed by atoms with Crippen LogP contribution in [-0.2, 0) is 9.59 Å². The van der Waals surface area contributed by atoms with Crippen molar-refractivity contribution in [3.05, 3.63) is 11.1 Å². The minimum Gasteiger partial charge on any atom is -0.481 e. The summed E-state index contributed by atoms with van der Waals surface area (Å²) in [6.07, 6.45) is 7.30. The number of aliphatic carboxylic acids is 2. The van der Waals surface area contributed by atoms with E-state index in [1.165, 1.54) is 0 Å². The zero-order valence-corrected chi connectivity index (χ0v) is 14.5. The molecule has 0 spiro atoms. The molecule has 0 rings (SSSR count). The van der Waals surface area contributed by atoms with Crippen LogP contribution in [0.2, 0.25) is 0 Å². The van der Waals surface area contributed by atoms with Crippen LogP contribution in [0.15, 0.2) is 11.1 Å². The van der Waals surface area contributed by atoms with Gasteiger partial charge in [-0.25, -0.2) is 4.79 Å². The monoisotopic (exact) mass is 312 g/mol. The number of carbonyl (C=O) groups is 2. The maximum Gasteiger partial charge on any atom is 0.331 e. The van der Waals surface area contributed by atoms with Gasteiger partial charge in [0, 0.05) is 5.57 Å². The van der Waals surface area contributed by atoms with E-state index in [9.17, 15) is 14.7 Å². The SMILES string of the molecule is CCC(CC)CC(CCCCCC(C)C(=O)O)=C(C)C(=O)O. The predicted molar refractivity (Wildman–Crippen MR) is 88.9 cm³/mol. The lowest BCUT2D eigenvalue weighted by Crippen LogP contribution is -2.09. The minimum atomic E-state index is -0.819. The molecule has 0 bridgehead atoms. The predicted octanol–water partition coefficient (Wildman–Crippen LogP) is 4.89. The van der Waals surface area contributed by atoms with E-state index >= 15 is 0 Å². The van der Waals surface area contributed by atoms with Crippen molar-refractivity contribution in [2.24, 2.45) is 11.8 Å². The summed E-state index contributed by atoms with van der Waals surface area (Å²) in [5.74, 6) is -1.30. The Kier molecular flexibility index (Phi) is 10.6. The molecule has 0 amide bonds. The normalized spacial score (nSPS) is 13.9. The number of rotatable bonds is 12. The molecule has 128 valence electrons. The highest BCUT2D eigenvalue weighted by Crippen LogP contribution is 2.26. The van der Waals surface area contributed by atoms with Gasteiger partial charge in [0.2, 0.25) is 0 Å². The van der Waals surface area contributed by atoms with Crippen LogP contribution in [0.4, 0.5) is 0 Å². The van der Waals surface area contributed by atoms with Gasteiger partial charge in [-0.2, -0.15) is 0 Å². The first-order valence-corrected chi connectivity index (χ1v) is 8.48. The maximum absolute atomic E-state index is 11.2. The van der Waals surface area contributed by atoms with E-state index in [0.29, 0.717) is 17.9 Å². The van der Waals surface area contributed by atoms with Gasteiger partial charge in [-0.05, 0) is 38.5 Å². The summed E-state index contributed by atoms with van der Waals surface area (Å²) in [5, 5.41) is 18.1. The van der Waals surface area contributed by atoms with E-state index in [1.807, 2.05) is 0 Å². The lowest BCUT2D eigenvalue weighted by molar-refractivity contribution is -0.141. The molecule has 4 nitrogen and oxygen atoms in total. The molecule has 0 aromatic rings. The highest BCUT2D eigenvalue weighted by atomic mass is 16.4. The molecule has 1 atom stereocenters. The van der Waals surface area contributed by atoms with Gasteiger partial charge in [0.05, 0.1) is 5.92 Å². The second-order valence-electron chi connectivity index (χ2n) is 6.26. The molecule has 0 saturated heterocycles. The van der Waals surface area contributed by atoms with Gasteiger partial charge in [-0.15, -0.1) is 0 Å². The Labute approximate surface area is 134 Å². The van der Waals surface area contributed by atoms with Crippen LogP contribution in [0.5, 0.6) is 0 Å². The largest absolute Gasteiger partial charge is 0.481 e. The van der Waals surface area contributed by atoms with Gasteiger partial charge in [-0.1, -0.05) is 52.0 Å². The third kappa shape index (κ3) is 8.20. The van der Waals surface area contributed by atoms with E-state index in [2.05, 4.69) is 13.8 Å². The van der Waals surface area contributed by atoms with E-state index in [1.54, 1.807) is 13.8 Å². The summed E-state index contributed by atoms with van der Waals surface area (Å²) in [6.45, 7) is 7.73. The number of allylic oxidation sites excluding steroid dienone is 1. The topological polar surface area (TPSA) is 74.6 Å². The highest BCUT2D eigenvalue weighted by molar-refractivity contribution is 5.86. The molecule has 2 N–H and O–H groups in total. The first-order chi connectivity index (χ1) is 10.3. The van der Waals surface area contributed by atoms with E-state index in [4.69, 9.17) is 5.11 Å². The molecule has 4 heteroatoms. The smallest absolute Gasteiger partial charge is 0.331 e. The Balaban J connectivity index is 4.40. The van der Waals surface area contributed by atoms with Crippen molar-refractivity contribution in [1.82, 2.24) is 0 Å². The fourth-order valence-electron chi connectivity index (χ4n) is 2.61. The zero-order chi connectivity index (χ0) is 17.1. The molecule has 0 aromatic heterocycles. The summed E-state index contributed by atoms with van der Waals surface area (Å²) >= 11 is 0. The molecule has 0 radical (unpaired) electrons. The molecule has 0 saturated carbocycles. The van der Waals surface area contributed by atoms with Gasteiger partial charge in [0.15, 0.2) is 0 Å². The molecule has 0 aliphatic carbocycles. The zero-order valence-electron chi connectivity index (χ0n) is 14.5. The summed E-state index contributed by atoms with van der Waals surface area (Å²) in [7, 11) is 0. The highest BCUT2D eigenvalue weighted by Gasteiger charge is 2.14. The number of carboxylic acids is 2. The number of unbranched alkanes of at least 4 members (excludes halogenated alkanes) is 2. The Hall–Kier alpha value is -1.32. The minimum absolute atomic E-state index is 0.291. The molecule has 0 aromatic carbocycles. The van der Waals surface area contributed by atoms with E-state index in [-0.39, 0.29) is 5.92 Å². The number of carboxylic acid groups (broad SMARTS) is 2. The quantitative estimate of drug-likeness (QED) is 0.397. The van der Waals surface area contributed by atoms with Crippen LogP contribution in [-0.4, -0.2) is 22.2 Å². The van der Waals surface area contributed by atoms with Gasteiger partial charge in [0.1, 0.15) is 0 Å². The van der Waals surface area contributed by atoms with Gasteiger partial charge < -0.3 is 10.2 Å². The Morgan fingerprint density at radius 2 is 1.59 bits per heavy atom. The van der Waals surface area contributed by atoms with Gasteiger partial charge in [0.25, 0.3) is 0 Å². The van der Waals surface area contributed by atoms with Crippen molar-refractivity contribution in [3.8, 4) is 0 Å². The van der Waals surface area contributed by atoms with E-state index in [0.717, 1.165) is 50.5 Å². The molecular weight excluding hydrogens is 280 g/mol. The van der Waals surface area contributed by atoms with Crippen LogP contribution in [0.3, 0.4) is 0 Å². The molecule has 0 heterocycles. The average molecular weight is 312 g/mol. The van der Waals surface area contributed by atoms with Gasteiger partial charge >= 0.3 is 11.9 Å². The van der Waals surface area contributed by atoms with Crippen LogP contribution in [0.25, 0.3) is 0 Å². The summed E-state index contributed by atoms with van der Waals surface area (Å²) in [6, 6.07) is 0. The lowest BCUT2D eigenvalue weighted by atomic mass is 9.89. The number of hydrogen-bond acceptors (Lipinski definition) is 2. The molecule has 0 aliphatic rings. The molecule has 0 fully saturated rings. The van der Waals surface area contributed by atoms with Crippen molar-refractivity contribution in [3.63, 3.8) is 0 Å². The van der Waals surface area contributed by atoms with Crippen molar-refractivity contribution in [2.45, 2.75) is 79.1 Å². The van der Waals surface area contributed by atoms with Crippen molar-refractivity contribution in [2.75, 3.05) is 0 Å². The van der Waals surface area contributed by atoms with Crippen molar-refractivity contribution < 1.29 is 19.8 Å². The summed E-state index contributed by atoms with van der Waals surface area (Å²) in [5.41, 5.74) is 1.55. The first-order valence-electron chi connectivity index (χ1n) is 8.48. The van der Waals surface area contributed by atoms with E-state index < -0.39 is 11.9 Å². The Morgan fingerprint density at radius 1 is 1.00 bits per heavy atom. The van der Waals surface area contributed by atoms with Crippen LogP contribution in [0.1, 0.15) is 79.1 Å². The second-order valence-corrected chi connectivity index (χ2v) is 6.26. The Bertz CT molecular complexity index is 381. The third-order valence-corrected chi connectivity index (χ3v) is 4.58. The number of hydrogen-bond donors (Lipinski definition) is 2. The fourth-order valence-corrected chi connectivity index (χ4v) is 2.61. The third-order valence-electron chi connectivity index (χ3n) is 4.58. The summed E-state index contributed by atoms with van der Waals surface area (Å²) in [4.78, 5) is 22.0. The summed E-state index contributed by atoms with van der Waals surface area (Å²) < 4.78 is 0. The van der Waals surface area contributed by atoms with Crippen LogP contribution >= 0.6 is 0 Å². The van der Waals surface area contributed by atoms with Crippen molar-refractivity contribution in [1.29, 1.82) is 0 Å². The molecule has 22 heavy (non-hydrogen) atoms. The van der Waals surface area contributed by atoms with Gasteiger partial charge in [-0.3, -0.25) is 4.79 Å². The van der Waals surface area contributed by atoms with Crippen LogP contribution in [0, 0.1) is 11.8 Å². The standard InChI is InChI=1S/C18H32O4/c1-5-15(6-2)12-16(14(4)18(21)22)11-9-7-8-10-13(3)17(19)20/h13,15H,5-12H2,1-4H3,(H,19,20)(H,21,22). The van der Waals surface area contributed by atoms with Crippen molar-refractivity contribution >= 4 is 11.9 Å². The molecular formula is C18H32O4. The average Bonchev–Trinajstić information content (AvgIpc) is 2.48. The lowest BCUT2D eigenvalue weighted by Gasteiger charge is -2.17. The van der Waals surface area contributed by atoms with Crippen LogP contribution < -0.4 is 0 Å². The molecule has 1 unspecified atom stereocenters. The maximum atomic E-state index is 11.2. The molecule has 0 aliphatic heterocycles. The first kappa shape index (κ1) is 20.7. The Morgan fingerprint density at radius 3 is 2.05 bits per heavy atom. The second kappa shape index (κ2) is 11.3.